The molecule has 1 aliphatic rings. The van der Waals surface area contributed by atoms with Crippen LogP contribution < -0.4 is 0 Å². The normalized spacial score (nSPS) is 25.8. The number of methoxy groups -OCH3 is 1. The van der Waals surface area contributed by atoms with Crippen molar-refractivity contribution in [3.63, 3.8) is 0 Å². The predicted molar refractivity (Wildman–Crippen MR) is 103 cm³/mol. The maximum absolute atomic E-state index is 12.3. The quantitative estimate of drug-likeness (QED) is 0.333. The van der Waals surface area contributed by atoms with Crippen LogP contribution in [0.1, 0.15) is 19.4 Å². The number of carbonyl (C=O) groups is 3. The second-order valence-electron chi connectivity index (χ2n) is 6.48. The van der Waals surface area contributed by atoms with E-state index in [1.54, 1.807) is 0 Å². The maximum Gasteiger partial charge on any atom is 0.339 e. The van der Waals surface area contributed by atoms with Gasteiger partial charge in [0.2, 0.25) is 0 Å². The third-order valence-corrected chi connectivity index (χ3v) is 4.20. The van der Waals surface area contributed by atoms with Crippen molar-refractivity contribution in [2.24, 2.45) is 0 Å². The smallest absolute Gasteiger partial charge is 0.339 e. The van der Waals surface area contributed by atoms with Gasteiger partial charge < -0.3 is 28.4 Å². The first-order chi connectivity index (χ1) is 14.4. The molecule has 0 bridgehead atoms. The molecule has 0 radical (unpaired) electrons. The second-order valence-corrected chi connectivity index (χ2v) is 6.48. The molecule has 9 nitrogen and oxygen atoms in total. The number of carbonyl (C=O) groups excluding carboxylic acids is 3. The molecule has 0 aliphatic carbocycles. The molecule has 0 aromatic heterocycles. The van der Waals surface area contributed by atoms with E-state index in [1.165, 1.54) is 19.9 Å². The summed E-state index contributed by atoms with van der Waals surface area (Å²) in [7, 11) is 1.16. The Balaban J connectivity index is 2.38. The third-order valence-electron chi connectivity index (χ3n) is 4.20. The molecule has 0 spiro atoms. The molecule has 9 heteroatoms. The number of hydrogen-bond acceptors (Lipinski definition) is 9. The second kappa shape index (κ2) is 11.4. The Morgan fingerprint density at radius 3 is 2.20 bits per heavy atom. The molecule has 164 valence electrons. The van der Waals surface area contributed by atoms with Crippen LogP contribution in [0.15, 0.2) is 43.0 Å². The minimum absolute atomic E-state index is 0.0782. The average Bonchev–Trinajstić information content (AvgIpc) is 2.72. The molecule has 5 atom stereocenters. The Kier molecular flexibility index (Phi) is 8.97. The predicted octanol–water partition coefficient (Wildman–Crippen LogP) is 1.54. The highest BCUT2D eigenvalue weighted by Gasteiger charge is 2.54. The number of benzene rings is 1. The van der Waals surface area contributed by atoms with Gasteiger partial charge in [-0.15, -0.1) is 6.58 Å². The zero-order valence-electron chi connectivity index (χ0n) is 17.1. The molecule has 1 aromatic rings. The maximum atomic E-state index is 12.3. The van der Waals surface area contributed by atoms with Crippen LogP contribution in [0, 0.1) is 0 Å². The van der Waals surface area contributed by atoms with E-state index in [1.807, 2.05) is 30.3 Å². The van der Waals surface area contributed by atoms with E-state index in [-0.39, 0.29) is 13.2 Å². The summed E-state index contributed by atoms with van der Waals surface area (Å²) in [6.45, 7) is 6.16. The van der Waals surface area contributed by atoms with Gasteiger partial charge in [-0.1, -0.05) is 36.4 Å². The van der Waals surface area contributed by atoms with E-state index in [4.69, 9.17) is 28.4 Å². The van der Waals surface area contributed by atoms with Crippen LogP contribution in [0.3, 0.4) is 0 Å². The van der Waals surface area contributed by atoms with Gasteiger partial charge >= 0.3 is 17.9 Å². The van der Waals surface area contributed by atoms with Crippen LogP contribution in [0.25, 0.3) is 0 Å². The van der Waals surface area contributed by atoms with Crippen LogP contribution in [0.4, 0.5) is 0 Å². The number of hydrogen-bond donors (Lipinski definition) is 0. The van der Waals surface area contributed by atoms with Crippen molar-refractivity contribution < 1.29 is 42.8 Å². The standard InChI is InChI=1S/C21H26O9/c1-5-11-26-21-19(27-12-15-9-7-6-8-10-15)17(29-14(3)23)16(28-13(2)22)18(30-21)20(24)25-4/h5-10,16-19,21H,1,11-12H2,2-4H3/t16-,17+,18+,19-,21-/m1/s1. The van der Waals surface area contributed by atoms with Gasteiger partial charge in [0.1, 0.15) is 6.10 Å². The zero-order chi connectivity index (χ0) is 22.1. The van der Waals surface area contributed by atoms with E-state index in [0.717, 1.165) is 12.7 Å². The van der Waals surface area contributed by atoms with Crippen molar-refractivity contribution in [3.8, 4) is 0 Å². The largest absolute Gasteiger partial charge is 0.467 e. The van der Waals surface area contributed by atoms with E-state index in [9.17, 15) is 14.4 Å². The first kappa shape index (κ1) is 23.5. The first-order valence-corrected chi connectivity index (χ1v) is 9.33. The highest BCUT2D eigenvalue weighted by Crippen LogP contribution is 2.30. The summed E-state index contributed by atoms with van der Waals surface area (Å²) in [5, 5.41) is 0. The summed E-state index contributed by atoms with van der Waals surface area (Å²) >= 11 is 0. The minimum Gasteiger partial charge on any atom is -0.467 e. The molecule has 0 amide bonds. The van der Waals surface area contributed by atoms with E-state index < -0.39 is 48.6 Å². The number of esters is 3. The van der Waals surface area contributed by atoms with Gasteiger partial charge in [0.05, 0.1) is 20.3 Å². The summed E-state index contributed by atoms with van der Waals surface area (Å²) in [5.41, 5.74) is 0.848. The summed E-state index contributed by atoms with van der Waals surface area (Å²) in [5.74, 6) is -2.16. The lowest BCUT2D eigenvalue weighted by atomic mass is 9.97. The van der Waals surface area contributed by atoms with Crippen molar-refractivity contribution in [1.82, 2.24) is 0 Å². The molecule has 0 N–H and O–H groups in total. The van der Waals surface area contributed by atoms with Crippen molar-refractivity contribution >= 4 is 17.9 Å². The minimum atomic E-state index is -1.38. The molecule has 1 saturated heterocycles. The van der Waals surface area contributed by atoms with Gasteiger partial charge in [-0.3, -0.25) is 9.59 Å². The zero-order valence-corrected chi connectivity index (χ0v) is 17.1. The molecule has 0 unspecified atom stereocenters. The van der Waals surface area contributed by atoms with Crippen LogP contribution in [-0.2, 0) is 49.4 Å². The fraction of sp³-hybridized carbons (Fsp3) is 0.476. The van der Waals surface area contributed by atoms with Crippen LogP contribution in [0.5, 0.6) is 0 Å². The van der Waals surface area contributed by atoms with Gasteiger partial charge in [-0.05, 0) is 5.56 Å². The molecule has 1 heterocycles. The highest BCUT2D eigenvalue weighted by atomic mass is 16.7. The summed E-state index contributed by atoms with van der Waals surface area (Å²) in [4.78, 5) is 35.8. The Labute approximate surface area is 174 Å². The lowest BCUT2D eigenvalue weighted by Gasteiger charge is -2.43. The summed E-state index contributed by atoms with van der Waals surface area (Å²) < 4.78 is 32.8. The van der Waals surface area contributed by atoms with Crippen molar-refractivity contribution in [3.05, 3.63) is 48.6 Å². The van der Waals surface area contributed by atoms with Gasteiger partial charge in [0.15, 0.2) is 24.6 Å². The van der Waals surface area contributed by atoms with Gasteiger partial charge in [0.25, 0.3) is 0 Å². The van der Waals surface area contributed by atoms with Gasteiger partial charge in [-0.25, -0.2) is 4.79 Å². The fourth-order valence-corrected chi connectivity index (χ4v) is 3.00. The molecule has 30 heavy (non-hydrogen) atoms. The number of rotatable bonds is 9. The van der Waals surface area contributed by atoms with Gasteiger partial charge in [-0.2, -0.15) is 0 Å². The lowest BCUT2D eigenvalue weighted by molar-refractivity contribution is -0.306. The molecule has 1 fully saturated rings. The molecular formula is C21H26O9. The van der Waals surface area contributed by atoms with Crippen LogP contribution >= 0.6 is 0 Å². The van der Waals surface area contributed by atoms with E-state index in [0.29, 0.717) is 0 Å². The Hall–Kier alpha value is -2.75. The highest BCUT2D eigenvalue weighted by molar-refractivity contribution is 5.77. The molecule has 1 aromatic carbocycles. The van der Waals surface area contributed by atoms with Crippen molar-refractivity contribution in [2.45, 2.75) is 51.2 Å². The fourth-order valence-electron chi connectivity index (χ4n) is 3.00. The Morgan fingerprint density at radius 1 is 1.00 bits per heavy atom. The third kappa shape index (κ3) is 6.38. The summed E-state index contributed by atoms with van der Waals surface area (Å²) in [6, 6.07) is 9.26. The lowest BCUT2D eigenvalue weighted by Crippen LogP contribution is -2.63. The topological polar surface area (TPSA) is 107 Å². The molecule has 1 aliphatic heterocycles. The monoisotopic (exact) mass is 422 g/mol. The first-order valence-electron chi connectivity index (χ1n) is 9.33. The molecule has 2 rings (SSSR count). The van der Waals surface area contributed by atoms with Crippen LogP contribution in [-0.4, -0.2) is 62.3 Å². The SMILES string of the molecule is C=CCO[C@@H]1O[C@H](C(=O)OC)[C@H](OC(C)=O)[C@H](OC(C)=O)[C@H]1OCc1ccccc1. The van der Waals surface area contributed by atoms with E-state index >= 15 is 0 Å². The van der Waals surface area contributed by atoms with Crippen molar-refractivity contribution in [1.29, 1.82) is 0 Å². The molecule has 0 saturated carbocycles. The van der Waals surface area contributed by atoms with Crippen LogP contribution in [0.2, 0.25) is 0 Å². The number of ether oxygens (including phenoxy) is 6. The average molecular weight is 422 g/mol. The summed E-state index contributed by atoms with van der Waals surface area (Å²) in [6.07, 6.45) is -4.48. The Bertz CT molecular complexity index is 733. The van der Waals surface area contributed by atoms with E-state index in [2.05, 4.69) is 6.58 Å². The van der Waals surface area contributed by atoms with Gasteiger partial charge in [0, 0.05) is 13.8 Å². The Morgan fingerprint density at radius 2 is 1.63 bits per heavy atom. The van der Waals surface area contributed by atoms with Crippen molar-refractivity contribution in [2.75, 3.05) is 13.7 Å². The molecular weight excluding hydrogens is 396 g/mol.